The first kappa shape index (κ1) is 16.9. The molecule has 0 saturated carbocycles. The molecule has 27 heavy (non-hydrogen) atoms. The third-order valence-corrected chi connectivity index (χ3v) is 4.93. The maximum absolute atomic E-state index is 12.4. The molecule has 0 N–H and O–H groups in total. The van der Waals surface area contributed by atoms with Gasteiger partial charge in [0.05, 0.1) is 31.8 Å². The molecule has 2 unspecified atom stereocenters. The summed E-state index contributed by atoms with van der Waals surface area (Å²) in [5.41, 5.74) is 2.45. The summed E-state index contributed by atoms with van der Waals surface area (Å²) in [4.78, 5) is 12.4. The number of hydrogen-bond donors (Lipinski definition) is 0. The average molecular weight is 359 g/mol. The molecule has 5 heteroatoms. The molecule has 0 saturated heterocycles. The number of nitriles is 1. The van der Waals surface area contributed by atoms with Crippen LogP contribution in [0.2, 0.25) is 0 Å². The van der Waals surface area contributed by atoms with Crippen LogP contribution in [0.15, 0.2) is 54.6 Å². The molecule has 1 aliphatic rings. The summed E-state index contributed by atoms with van der Waals surface area (Å²) >= 11 is 0. The van der Waals surface area contributed by atoms with Crippen molar-refractivity contribution in [2.24, 2.45) is 0 Å². The topological polar surface area (TPSA) is 68.5 Å². The number of esters is 1. The Morgan fingerprint density at radius 1 is 1.07 bits per heavy atom. The van der Waals surface area contributed by atoms with Gasteiger partial charge in [-0.1, -0.05) is 24.3 Å². The highest BCUT2D eigenvalue weighted by Crippen LogP contribution is 2.46. The van der Waals surface area contributed by atoms with Gasteiger partial charge in [0.2, 0.25) is 6.10 Å². The summed E-state index contributed by atoms with van der Waals surface area (Å²) < 4.78 is 16.2. The zero-order valence-corrected chi connectivity index (χ0v) is 14.9. The van der Waals surface area contributed by atoms with E-state index in [1.54, 1.807) is 13.2 Å². The standard InChI is InChI=1S/C22H17NO4/c1-25-16-7-4-14(5-8-16)19-20-17-9-3-13(12-23)11-15(17)6-10-18(20)27-21(19)22(24)26-2/h3-11,19,21H,1-2H3. The Kier molecular flexibility index (Phi) is 4.17. The Morgan fingerprint density at radius 2 is 1.85 bits per heavy atom. The minimum atomic E-state index is -0.764. The smallest absolute Gasteiger partial charge is 0.348 e. The van der Waals surface area contributed by atoms with E-state index in [9.17, 15) is 4.79 Å². The second-order valence-electron chi connectivity index (χ2n) is 6.34. The van der Waals surface area contributed by atoms with E-state index < -0.39 is 12.1 Å². The van der Waals surface area contributed by atoms with Crippen molar-refractivity contribution in [3.8, 4) is 17.6 Å². The van der Waals surface area contributed by atoms with Crippen LogP contribution < -0.4 is 9.47 Å². The van der Waals surface area contributed by atoms with Crippen molar-refractivity contribution in [2.75, 3.05) is 14.2 Å². The fraction of sp³-hybridized carbons (Fsp3) is 0.182. The highest BCUT2D eigenvalue weighted by Gasteiger charge is 2.42. The number of hydrogen-bond acceptors (Lipinski definition) is 5. The molecule has 4 rings (SSSR count). The van der Waals surface area contributed by atoms with Crippen molar-refractivity contribution >= 4 is 16.7 Å². The molecular weight excluding hydrogens is 342 g/mol. The summed E-state index contributed by atoms with van der Waals surface area (Å²) in [7, 11) is 2.97. The third kappa shape index (κ3) is 2.76. The van der Waals surface area contributed by atoms with E-state index in [0.717, 1.165) is 27.6 Å². The van der Waals surface area contributed by atoms with E-state index in [2.05, 4.69) is 6.07 Å². The Bertz CT molecular complexity index is 1070. The van der Waals surface area contributed by atoms with Gasteiger partial charge in [0.15, 0.2) is 0 Å². The van der Waals surface area contributed by atoms with Gasteiger partial charge in [-0.15, -0.1) is 0 Å². The summed E-state index contributed by atoms with van der Waals surface area (Å²) in [6.45, 7) is 0. The molecule has 0 bridgehead atoms. The van der Waals surface area contributed by atoms with Crippen molar-refractivity contribution in [1.29, 1.82) is 5.26 Å². The first-order valence-corrected chi connectivity index (χ1v) is 8.51. The van der Waals surface area contributed by atoms with Crippen LogP contribution in [0.1, 0.15) is 22.6 Å². The number of benzene rings is 3. The monoisotopic (exact) mass is 359 g/mol. The molecule has 2 atom stereocenters. The van der Waals surface area contributed by atoms with Crippen LogP contribution in [-0.4, -0.2) is 26.3 Å². The first-order valence-electron chi connectivity index (χ1n) is 8.51. The predicted octanol–water partition coefficient (Wildman–Crippen LogP) is 3.79. The maximum atomic E-state index is 12.4. The summed E-state index contributed by atoms with van der Waals surface area (Å²) in [6.07, 6.45) is -0.764. The molecule has 0 radical (unpaired) electrons. The van der Waals surface area contributed by atoms with Crippen LogP contribution in [0, 0.1) is 11.3 Å². The van der Waals surface area contributed by atoms with E-state index in [-0.39, 0.29) is 5.92 Å². The van der Waals surface area contributed by atoms with E-state index in [1.165, 1.54) is 7.11 Å². The minimum Gasteiger partial charge on any atom is -0.497 e. The number of nitrogens with zero attached hydrogens (tertiary/aromatic N) is 1. The van der Waals surface area contributed by atoms with Crippen molar-refractivity contribution in [2.45, 2.75) is 12.0 Å². The van der Waals surface area contributed by atoms with Crippen LogP contribution >= 0.6 is 0 Å². The zero-order valence-electron chi connectivity index (χ0n) is 14.9. The molecule has 0 fully saturated rings. The van der Waals surface area contributed by atoms with Crippen LogP contribution in [-0.2, 0) is 9.53 Å². The molecule has 0 amide bonds. The van der Waals surface area contributed by atoms with E-state index in [4.69, 9.17) is 19.5 Å². The fourth-order valence-corrected chi connectivity index (χ4v) is 3.64. The van der Waals surface area contributed by atoms with Crippen molar-refractivity contribution in [1.82, 2.24) is 0 Å². The quantitative estimate of drug-likeness (QED) is 0.666. The van der Waals surface area contributed by atoms with Gasteiger partial charge in [0.25, 0.3) is 0 Å². The highest BCUT2D eigenvalue weighted by atomic mass is 16.6. The molecule has 3 aromatic carbocycles. The number of carbonyl (C=O) groups excluding carboxylic acids is 1. The van der Waals surface area contributed by atoms with Gasteiger partial charge in [0.1, 0.15) is 11.5 Å². The van der Waals surface area contributed by atoms with Gasteiger partial charge in [-0.25, -0.2) is 4.79 Å². The Labute approximate surface area is 156 Å². The van der Waals surface area contributed by atoms with Crippen LogP contribution in [0.25, 0.3) is 10.8 Å². The van der Waals surface area contributed by atoms with Gasteiger partial charge < -0.3 is 14.2 Å². The second-order valence-corrected chi connectivity index (χ2v) is 6.34. The number of carbonyl (C=O) groups is 1. The lowest BCUT2D eigenvalue weighted by atomic mass is 9.85. The van der Waals surface area contributed by atoms with E-state index in [0.29, 0.717) is 11.3 Å². The number of ether oxygens (including phenoxy) is 3. The number of fused-ring (bicyclic) bond motifs is 3. The highest BCUT2D eigenvalue weighted by molar-refractivity contribution is 5.92. The van der Waals surface area contributed by atoms with Crippen molar-refractivity contribution in [3.63, 3.8) is 0 Å². The molecule has 134 valence electrons. The Hall–Kier alpha value is -3.52. The fourth-order valence-electron chi connectivity index (χ4n) is 3.64. The predicted molar refractivity (Wildman–Crippen MR) is 99.9 cm³/mol. The molecule has 1 heterocycles. The molecule has 0 aliphatic carbocycles. The number of rotatable bonds is 3. The summed E-state index contributed by atoms with van der Waals surface area (Å²) in [5.74, 6) is 0.663. The lowest BCUT2D eigenvalue weighted by Gasteiger charge is -2.18. The van der Waals surface area contributed by atoms with E-state index >= 15 is 0 Å². The van der Waals surface area contributed by atoms with Gasteiger partial charge in [0, 0.05) is 5.56 Å². The molecule has 0 spiro atoms. The summed E-state index contributed by atoms with van der Waals surface area (Å²) in [6, 6.07) is 19.0. The van der Waals surface area contributed by atoms with Crippen molar-refractivity contribution < 1.29 is 19.0 Å². The lowest BCUT2D eigenvalue weighted by Crippen LogP contribution is -2.30. The molecule has 0 aromatic heterocycles. The first-order chi connectivity index (χ1) is 13.2. The third-order valence-electron chi connectivity index (χ3n) is 4.93. The lowest BCUT2D eigenvalue weighted by molar-refractivity contribution is -0.148. The Morgan fingerprint density at radius 3 is 2.52 bits per heavy atom. The summed E-state index contributed by atoms with van der Waals surface area (Å²) in [5, 5.41) is 11.1. The number of methoxy groups -OCH3 is 2. The van der Waals surface area contributed by atoms with Crippen molar-refractivity contribution in [3.05, 3.63) is 71.3 Å². The normalized spacial score (nSPS) is 17.7. The second kappa shape index (κ2) is 6.65. The average Bonchev–Trinajstić information content (AvgIpc) is 3.12. The van der Waals surface area contributed by atoms with Gasteiger partial charge in [-0.3, -0.25) is 0 Å². The SMILES string of the molecule is COC(=O)C1Oc2ccc3cc(C#N)ccc3c2C1c1ccc(OC)cc1. The van der Waals surface area contributed by atoms with Crippen LogP contribution in [0.4, 0.5) is 0 Å². The molecule has 5 nitrogen and oxygen atoms in total. The molecule has 3 aromatic rings. The molecular formula is C22H17NO4. The maximum Gasteiger partial charge on any atom is 0.348 e. The van der Waals surface area contributed by atoms with Crippen LogP contribution in [0.3, 0.4) is 0 Å². The van der Waals surface area contributed by atoms with Gasteiger partial charge >= 0.3 is 5.97 Å². The van der Waals surface area contributed by atoms with E-state index in [1.807, 2.05) is 48.5 Å². The minimum absolute atomic E-state index is 0.310. The zero-order chi connectivity index (χ0) is 19.0. The molecule has 1 aliphatic heterocycles. The van der Waals surface area contributed by atoms with Crippen LogP contribution in [0.5, 0.6) is 11.5 Å². The van der Waals surface area contributed by atoms with Gasteiger partial charge in [-0.2, -0.15) is 5.26 Å². The van der Waals surface area contributed by atoms with Gasteiger partial charge in [-0.05, 0) is 46.7 Å². The Balaban J connectivity index is 1.92. The largest absolute Gasteiger partial charge is 0.497 e.